The molecule has 0 atom stereocenters. The lowest BCUT2D eigenvalue weighted by molar-refractivity contribution is 0.0597. The molecule has 0 saturated heterocycles. The van der Waals surface area contributed by atoms with E-state index in [0.29, 0.717) is 5.75 Å². The third-order valence-corrected chi connectivity index (χ3v) is 4.63. The van der Waals surface area contributed by atoms with E-state index in [9.17, 15) is 13.2 Å². The van der Waals surface area contributed by atoms with Gasteiger partial charge in [0.15, 0.2) is 0 Å². The quantitative estimate of drug-likeness (QED) is 0.803. The molecule has 24 heavy (non-hydrogen) atoms. The normalized spacial score (nSPS) is 10.8. The van der Waals surface area contributed by atoms with Crippen molar-refractivity contribution in [2.45, 2.75) is 4.90 Å². The van der Waals surface area contributed by atoms with Crippen LogP contribution in [0.1, 0.15) is 10.4 Å². The zero-order valence-corrected chi connectivity index (χ0v) is 14.2. The molecule has 2 rings (SSSR count). The number of methoxy groups -OCH3 is 3. The molecule has 0 radical (unpaired) electrons. The molecule has 7 nitrogen and oxygen atoms in total. The topological polar surface area (TPSA) is 90.9 Å². The van der Waals surface area contributed by atoms with Crippen molar-refractivity contribution in [2.75, 3.05) is 26.1 Å². The van der Waals surface area contributed by atoms with E-state index in [1.807, 2.05) is 0 Å². The van der Waals surface area contributed by atoms with Gasteiger partial charge in [-0.05, 0) is 36.4 Å². The Bertz CT molecular complexity index is 830. The SMILES string of the molecule is COC(=O)c1ccc(NS(=O)(=O)c2ccc(OC)cc2)cc1OC. The molecule has 2 aromatic rings. The summed E-state index contributed by atoms with van der Waals surface area (Å²) in [5.41, 5.74) is 0.461. The second-order valence-corrected chi connectivity index (χ2v) is 6.37. The predicted octanol–water partition coefficient (Wildman–Crippen LogP) is 2.29. The maximum Gasteiger partial charge on any atom is 0.341 e. The summed E-state index contributed by atoms with van der Waals surface area (Å²) in [6, 6.07) is 10.3. The number of benzene rings is 2. The van der Waals surface area contributed by atoms with Gasteiger partial charge in [-0.15, -0.1) is 0 Å². The van der Waals surface area contributed by atoms with Crippen LogP contribution in [0.4, 0.5) is 5.69 Å². The van der Waals surface area contributed by atoms with E-state index in [-0.39, 0.29) is 21.9 Å². The predicted molar refractivity (Wildman–Crippen MR) is 88.1 cm³/mol. The van der Waals surface area contributed by atoms with Gasteiger partial charge in [-0.25, -0.2) is 13.2 Å². The third kappa shape index (κ3) is 3.77. The van der Waals surface area contributed by atoms with Gasteiger partial charge in [0.25, 0.3) is 10.0 Å². The number of rotatable bonds is 6. The van der Waals surface area contributed by atoms with Crippen molar-refractivity contribution >= 4 is 21.7 Å². The Hall–Kier alpha value is -2.74. The number of hydrogen-bond donors (Lipinski definition) is 1. The maximum atomic E-state index is 12.4. The van der Waals surface area contributed by atoms with Crippen LogP contribution in [0.2, 0.25) is 0 Å². The molecule has 0 heterocycles. The minimum absolute atomic E-state index is 0.0827. The van der Waals surface area contributed by atoms with Crippen molar-refractivity contribution in [3.05, 3.63) is 48.0 Å². The zero-order valence-electron chi connectivity index (χ0n) is 13.4. The largest absolute Gasteiger partial charge is 0.497 e. The molecule has 128 valence electrons. The van der Waals surface area contributed by atoms with Crippen LogP contribution >= 0.6 is 0 Å². The number of esters is 1. The minimum Gasteiger partial charge on any atom is -0.497 e. The Morgan fingerprint density at radius 2 is 1.62 bits per heavy atom. The molecular formula is C16H17NO6S. The lowest BCUT2D eigenvalue weighted by Crippen LogP contribution is -2.13. The van der Waals surface area contributed by atoms with Crippen LogP contribution in [0.15, 0.2) is 47.4 Å². The molecule has 0 aliphatic carbocycles. The molecule has 0 fully saturated rings. The van der Waals surface area contributed by atoms with E-state index < -0.39 is 16.0 Å². The van der Waals surface area contributed by atoms with E-state index >= 15 is 0 Å². The van der Waals surface area contributed by atoms with Crippen LogP contribution in [0.5, 0.6) is 11.5 Å². The van der Waals surface area contributed by atoms with E-state index in [0.717, 1.165) is 0 Å². The van der Waals surface area contributed by atoms with Crippen LogP contribution in [0, 0.1) is 0 Å². The molecule has 0 aliphatic rings. The highest BCUT2D eigenvalue weighted by Crippen LogP contribution is 2.26. The monoisotopic (exact) mass is 351 g/mol. The third-order valence-electron chi connectivity index (χ3n) is 3.23. The molecule has 0 aromatic heterocycles. The molecule has 0 unspecified atom stereocenters. The summed E-state index contributed by atoms with van der Waals surface area (Å²) >= 11 is 0. The summed E-state index contributed by atoms with van der Waals surface area (Å²) in [6.07, 6.45) is 0. The molecule has 0 saturated carbocycles. The molecule has 0 amide bonds. The Labute approximate surface area is 140 Å². The van der Waals surface area contributed by atoms with Crippen LogP contribution in [0.25, 0.3) is 0 Å². The van der Waals surface area contributed by atoms with Gasteiger partial charge < -0.3 is 14.2 Å². The number of anilines is 1. The summed E-state index contributed by atoms with van der Waals surface area (Å²) in [4.78, 5) is 11.7. The molecule has 2 aromatic carbocycles. The van der Waals surface area contributed by atoms with Crippen molar-refractivity contribution in [2.24, 2.45) is 0 Å². The Morgan fingerprint density at radius 3 is 2.17 bits per heavy atom. The van der Waals surface area contributed by atoms with Crippen molar-refractivity contribution in [3.8, 4) is 11.5 Å². The highest BCUT2D eigenvalue weighted by molar-refractivity contribution is 7.92. The number of carbonyl (C=O) groups is 1. The summed E-state index contributed by atoms with van der Waals surface area (Å²) in [7, 11) is 0.348. The Kier molecular flexibility index (Phi) is 5.30. The van der Waals surface area contributed by atoms with E-state index in [1.165, 1.54) is 51.7 Å². The lowest BCUT2D eigenvalue weighted by Gasteiger charge is -2.12. The molecule has 0 spiro atoms. The standard InChI is InChI=1S/C16H17NO6S/c1-21-12-5-7-13(8-6-12)24(19,20)17-11-4-9-14(16(18)23-3)15(10-11)22-2/h4-10,17H,1-3H3. The van der Waals surface area contributed by atoms with E-state index in [2.05, 4.69) is 9.46 Å². The van der Waals surface area contributed by atoms with Crippen molar-refractivity contribution in [3.63, 3.8) is 0 Å². The summed E-state index contributed by atoms with van der Waals surface area (Å²) in [5, 5.41) is 0. The fourth-order valence-electron chi connectivity index (χ4n) is 2.00. The van der Waals surface area contributed by atoms with E-state index in [4.69, 9.17) is 9.47 Å². The van der Waals surface area contributed by atoms with Gasteiger partial charge in [0.2, 0.25) is 0 Å². The van der Waals surface area contributed by atoms with Gasteiger partial charge in [-0.3, -0.25) is 4.72 Å². The molecular weight excluding hydrogens is 334 g/mol. The second kappa shape index (κ2) is 7.22. The summed E-state index contributed by atoms with van der Waals surface area (Å²) in [5.74, 6) is 0.186. The van der Waals surface area contributed by atoms with Gasteiger partial charge >= 0.3 is 5.97 Å². The van der Waals surface area contributed by atoms with E-state index in [1.54, 1.807) is 12.1 Å². The maximum absolute atomic E-state index is 12.4. The minimum atomic E-state index is -3.78. The zero-order chi connectivity index (χ0) is 17.7. The number of ether oxygens (including phenoxy) is 3. The number of nitrogens with one attached hydrogen (secondary N) is 1. The average Bonchev–Trinajstić information content (AvgIpc) is 2.60. The first-order chi connectivity index (χ1) is 11.4. The lowest BCUT2D eigenvalue weighted by atomic mass is 10.2. The van der Waals surface area contributed by atoms with Crippen molar-refractivity contribution in [1.29, 1.82) is 0 Å². The molecule has 1 N–H and O–H groups in total. The fraction of sp³-hybridized carbons (Fsp3) is 0.188. The summed E-state index contributed by atoms with van der Waals surface area (Å²) < 4.78 is 42.0. The fourth-order valence-corrected chi connectivity index (χ4v) is 3.05. The van der Waals surface area contributed by atoms with Crippen LogP contribution in [0.3, 0.4) is 0 Å². The van der Waals surface area contributed by atoms with Gasteiger partial charge in [-0.2, -0.15) is 0 Å². The first kappa shape index (κ1) is 17.6. The van der Waals surface area contributed by atoms with Gasteiger partial charge in [0, 0.05) is 6.07 Å². The second-order valence-electron chi connectivity index (χ2n) is 4.69. The number of carbonyl (C=O) groups excluding carboxylic acids is 1. The highest BCUT2D eigenvalue weighted by Gasteiger charge is 2.17. The average molecular weight is 351 g/mol. The number of sulfonamides is 1. The first-order valence-corrected chi connectivity index (χ1v) is 8.33. The van der Waals surface area contributed by atoms with Gasteiger partial charge in [-0.1, -0.05) is 0 Å². The number of hydrogen-bond acceptors (Lipinski definition) is 6. The van der Waals surface area contributed by atoms with Crippen LogP contribution in [-0.2, 0) is 14.8 Å². The molecule has 0 aliphatic heterocycles. The smallest absolute Gasteiger partial charge is 0.341 e. The molecule has 8 heteroatoms. The highest BCUT2D eigenvalue weighted by atomic mass is 32.2. The Balaban J connectivity index is 2.30. The molecule has 0 bridgehead atoms. The van der Waals surface area contributed by atoms with Crippen molar-refractivity contribution < 1.29 is 27.4 Å². The summed E-state index contributed by atoms with van der Waals surface area (Å²) in [6.45, 7) is 0. The Morgan fingerprint density at radius 1 is 0.958 bits per heavy atom. The van der Waals surface area contributed by atoms with Gasteiger partial charge in [0.1, 0.15) is 17.1 Å². The first-order valence-electron chi connectivity index (χ1n) is 6.84. The van der Waals surface area contributed by atoms with Crippen LogP contribution in [-0.4, -0.2) is 35.7 Å². The van der Waals surface area contributed by atoms with Crippen LogP contribution < -0.4 is 14.2 Å². The van der Waals surface area contributed by atoms with Crippen molar-refractivity contribution in [1.82, 2.24) is 0 Å². The van der Waals surface area contributed by atoms with Gasteiger partial charge in [0.05, 0.1) is 31.9 Å².